The summed E-state index contributed by atoms with van der Waals surface area (Å²) in [5.74, 6) is 1.41. The van der Waals surface area contributed by atoms with Crippen LogP contribution in [0, 0.1) is 0 Å². The number of rotatable bonds is 1. The predicted molar refractivity (Wildman–Crippen MR) is 58.6 cm³/mol. The maximum absolute atomic E-state index is 5.69. The van der Waals surface area contributed by atoms with Gasteiger partial charge in [0, 0.05) is 12.3 Å². The first kappa shape index (κ1) is 8.92. The van der Waals surface area contributed by atoms with Gasteiger partial charge in [-0.05, 0) is 0 Å². The summed E-state index contributed by atoms with van der Waals surface area (Å²) >= 11 is 0. The number of fused-ring (bicyclic) bond motifs is 1. The molecule has 2 aliphatic heterocycles. The zero-order valence-corrected chi connectivity index (χ0v) is 8.41. The lowest BCUT2D eigenvalue weighted by atomic mass is 10.4. The lowest BCUT2D eigenvalue weighted by Crippen LogP contribution is -3.11. The number of quaternary nitrogens is 1. The molecule has 1 atom stereocenters. The average Bonchev–Trinajstić information content (AvgIpc) is 2.83. The van der Waals surface area contributed by atoms with Gasteiger partial charge in [0.25, 0.3) is 0 Å². The Morgan fingerprint density at radius 1 is 1.38 bits per heavy atom. The molecule has 0 aliphatic carbocycles. The Bertz CT molecular complexity index is 510. The third-order valence-corrected chi connectivity index (χ3v) is 2.43. The molecule has 2 aliphatic rings. The van der Waals surface area contributed by atoms with Crippen LogP contribution in [0.1, 0.15) is 0 Å². The highest BCUT2D eigenvalue weighted by Crippen LogP contribution is 2.04. The lowest BCUT2D eigenvalue weighted by Gasteiger charge is -2.25. The SMILES string of the molecule is Nc1nc(N)n(N2C=CC3=NC=C[NH+]3C2)n1. The first-order valence-corrected chi connectivity index (χ1v) is 4.78. The molecule has 0 fully saturated rings. The van der Waals surface area contributed by atoms with Gasteiger partial charge in [0.05, 0.1) is 6.20 Å². The van der Waals surface area contributed by atoms with Crippen LogP contribution in [-0.4, -0.2) is 27.4 Å². The Morgan fingerprint density at radius 2 is 2.25 bits per heavy atom. The van der Waals surface area contributed by atoms with E-state index in [1.54, 1.807) is 6.20 Å². The van der Waals surface area contributed by atoms with Gasteiger partial charge in [-0.2, -0.15) is 9.98 Å². The molecule has 0 saturated carbocycles. The van der Waals surface area contributed by atoms with E-state index >= 15 is 0 Å². The van der Waals surface area contributed by atoms with E-state index in [9.17, 15) is 0 Å². The summed E-state index contributed by atoms with van der Waals surface area (Å²) < 4.78 is 0. The maximum atomic E-state index is 5.69. The number of aliphatic imine (C=N–C) groups is 1. The van der Waals surface area contributed by atoms with Crippen molar-refractivity contribution in [2.24, 2.45) is 4.99 Å². The summed E-state index contributed by atoms with van der Waals surface area (Å²) in [5.41, 5.74) is 11.2. The molecule has 0 amide bonds. The highest BCUT2D eigenvalue weighted by Gasteiger charge is 2.25. The van der Waals surface area contributed by atoms with Gasteiger partial charge in [-0.1, -0.05) is 0 Å². The summed E-state index contributed by atoms with van der Waals surface area (Å²) in [6.07, 6.45) is 7.48. The number of nitrogens with zero attached hydrogens (tertiary/aromatic N) is 5. The van der Waals surface area contributed by atoms with E-state index in [1.165, 1.54) is 4.79 Å². The van der Waals surface area contributed by atoms with Crippen molar-refractivity contribution in [1.82, 2.24) is 14.9 Å². The van der Waals surface area contributed by atoms with Gasteiger partial charge in [-0.3, -0.25) is 0 Å². The largest absolute Gasteiger partial charge is 0.366 e. The third kappa shape index (κ3) is 1.24. The first-order chi connectivity index (χ1) is 7.74. The summed E-state index contributed by atoms with van der Waals surface area (Å²) in [6.45, 7) is 0.652. The highest BCUT2D eigenvalue weighted by atomic mass is 15.7. The molecule has 8 heteroatoms. The van der Waals surface area contributed by atoms with Crippen LogP contribution in [-0.2, 0) is 0 Å². The molecule has 0 bridgehead atoms. The fourth-order valence-corrected chi connectivity index (χ4v) is 1.70. The summed E-state index contributed by atoms with van der Waals surface area (Å²) in [5, 5.41) is 5.83. The van der Waals surface area contributed by atoms with Crippen LogP contribution >= 0.6 is 0 Å². The van der Waals surface area contributed by atoms with Gasteiger partial charge >= 0.3 is 0 Å². The zero-order valence-electron chi connectivity index (χ0n) is 8.41. The number of nitrogens with one attached hydrogen (secondary N) is 1. The smallest absolute Gasteiger partial charge is 0.243 e. The molecule has 3 heterocycles. The van der Waals surface area contributed by atoms with Gasteiger partial charge in [-0.15, -0.1) is 9.89 Å². The van der Waals surface area contributed by atoms with Gasteiger partial charge in [0.1, 0.15) is 6.20 Å². The lowest BCUT2D eigenvalue weighted by molar-refractivity contribution is -0.744. The van der Waals surface area contributed by atoms with E-state index < -0.39 is 0 Å². The quantitative estimate of drug-likeness (QED) is 0.490. The van der Waals surface area contributed by atoms with Crippen LogP contribution in [0.4, 0.5) is 11.9 Å². The van der Waals surface area contributed by atoms with Gasteiger partial charge in [0.15, 0.2) is 6.67 Å². The number of nitrogens with two attached hydrogens (primary N) is 2. The summed E-state index contributed by atoms with van der Waals surface area (Å²) in [6, 6.07) is 0. The molecule has 1 aromatic rings. The molecular formula is C8H11N8+. The monoisotopic (exact) mass is 219 g/mol. The number of hydrogen-bond donors (Lipinski definition) is 3. The second-order valence-corrected chi connectivity index (χ2v) is 3.49. The third-order valence-electron chi connectivity index (χ3n) is 2.43. The first-order valence-electron chi connectivity index (χ1n) is 4.78. The minimum atomic E-state index is 0.164. The number of hydrogen-bond acceptors (Lipinski definition) is 6. The van der Waals surface area contributed by atoms with E-state index in [0.29, 0.717) is 6.67 Å². The zero-order chi connectivity index (χ0) is 11.1. The summed E-state index contributed by atoms with van der Waals surface area (Å²) in [7, 11) is 0. The number of anilines is 2. The predicted octanol–water partition coefficient (Wildman–Crippen LogP) is -2.37. The molecule has 0 saturated heterocycles. The Morgan fingerprint density at radius 3 is 3.00 bits per heavy atom. The number of amidine groups is 1. The van der Waals surface area contributed by atoms with Crippen molar-refractivity contribution in [3.63, 3.8) is 0 Å². The molecule has 0 aromatic carbocycles. The molecule has 8 nitrogen and oxygen atoms in total. The molecule has 82 valence electrons. The Kier molecular flexibility index (Phi) is 1.71. The van der Waals surface area contributed by atoms with Crippen LogP contribution in [0.5, 0.6) is 0 Å². The van der Waals surface area contributed by atoms with Crippen LogP contribution in [0.15, 0.2) is 29.7 Å². The molecule has 0 radical (unpaired) electrons. The second-order valence-electron chi connectivity index (χ2n) is 3.49. The van der Waals surface area contributed by atoms with Gasteiger partial charge in [0.2, 0.25) is 17.7 Å². The second kappa shape index (κ2) is 3.07. The highest BCUT2D eigenvalue weighted by molar-refractivity contribution is 5.88. The minimum Gasteiger partial charge on any atom is -0.366 e. The Hall–Kier alpha value is -2.35. The van der Waals surface area contributed by atoms with Crippen molar-refractivity contribution in [1.29, 1.82) is 0 Å². The van der Waals surface area contributed by atoms with Crippen molar-refractivity contribution in [3.8, 4) is 0 Å². The standard InChI is InChI=1S/C8H10N8/c9-7-12-8(10)16(13-7)15-3-1-6-11-2-4-14(6)5-15/h1-4H,5H2,(H4,9,10,12,13)/p+1. The van der Waals surface area contributed by atoms with Crippen LogP contribution in [0.2, 0.25) is 0 Å². The van der Waals surface area contributed by atoms with Crippen molar-refractivity contribution in [2.75, 3.05) is 23.1 Å². The van der Waals surface area contributed by atoms with E-state index in [-0.39, 0.29) is 11.9 Å². The van der Waals surface area contributed by atoms with Crippen LogP contribution in [0.25, 0.3) is 0 Å². The fourth-order valence-electron chi connectivity index (χ4n) is 1.70. The molecule has 0 spiro atoms. The molecule has 1 aromatic heterocycles. The Balaban J connectivity index is 1.93. The van der Waals surface area contributed by atoms with Gasteiger partial charge in [-0.25, -0.2) is 9.91 Å². The fraction of sp³-hybridized carbons (Fsp3) is 0.125. The molecule has 16 heavy (non-hydrogen) atoms. The van der Waals surface area contributed by atoms with E-state index in [1.807, 2.05) is 23.5 Å². The minimum absolute atomic E-state index is 0.164. The summed E-state index contributed by atoms with van der Waals surface area (Å²) in [4.78, 5) is 10.6. The van der Waals surface area contributed by atoms with E-state index in [0.717, 1.165) is 10.7 Å². The maximum Gasteiger partial charge on any atom is 0.243 e. The van der Waals surface area contributed by atoms with Crippen molar-refractivity contribution in [2.45, 2.75) is 0 Å². The normalized spacial score (nSPS) is 22.4. The molecule has 5 N–H and O–H groups in total. The molecule has 1 unspecified atom stereocenters. The van der Waals surface area contributed by atoms with Gasteiger partial charge < -0.3 is 11.5 Å². The Labute approximate surface area is 91.1 Å². The van der Waals surface area contributed by atoms with E-state index in [2.05, 4.69) is 15.1 Å². The van der Waals surface area contributed by atoms with Crippen molar-refractivity contribution in [3.05, 3.63) is 24.7 Å². The number of nitrogen functional groups attached to an aromatic ring is 2. The average molecular weight is 219 g/mol. The topological polar surface area (TPSA) is 103 Å². The van der Waals surface area contributed by atoms with Crippen molar-refractivity contribution < 1.29 is 4.90 Å². The van der Waals surface area contributed by atoms with Crippen molar-refractivity contribution >= 4 is 17.7 Å². The van der Waals surface area contributed by atoms with Crippen LogP contribution in [0.3, 0.4) is 0 Å². The molecule has 3 rings (SSSR count). The molecular weight excluding hydrogens is 208 g/mol. The van der Waals surface area contributed by atoms with E-state index in [4.69, 9.17) is 11.5 Å². The van der Waals surface area contributed by atoms with Crippen LogP contribution < -0.4 is 21.4 Å². The number of aromatic nitrogens is 3.